The van der Waals surface area contributed by atoms with Crippen LogP contribution in [0.3, 0.4) is 0 Å². The van der Waals surface area contributed by atoms with E-state index in [0.29, 0.717) is 24.3 Å². The largest absolute Gasteiger partial charge is 0.466 e. The average molecular weight is 819 g/mol. The van der Waals surface area contributed by atoms with Crippen molar-refractivity contribution < 1.29 is 43.0 Å². The average Bonchev–Trinajstić information content (AvgIpc) is 3.10. The third-order valence-corrected chi connectivity index (χ3v) is 10.7. The molecular weight excluding hydrogens is 753 g/mol. The van der Waals surface area contributed by atoms with Crippen LogP contribution in [0.4, 0.5) is 4.79 Å². The standard InChI is InChI=1S/C41H66N4O9SSi/c1-11-13-14-15-16-20-35(47)55-24-18-17-19-32(27-34(46)52-23-25-56(8,9)10)53-39(50)36(29(3)4)45-38(49)33(12-2)44-37(48)30-21-22-42-31(26-30)28-43-40(51)54-41(5,6)7/h12,17,19,21-22,26,29,32,36H,11,13-16,18,20,23-25,27-28H2,1-10H3,(H,43,51)(H,44,48)(H,45,49)/b19-17+,33-12-/t32-,36+/m1/s1. The monoisotopic (exact) mass is 818 g/mol. The highest BCUT2D eigenvalue weighted by Crippen LogP contribution is 2.16. The van der Waals surface area contributed by atoms with Crippen molar-refractivity contribution in [1.82, 2.24) is 20.9 Å². The number of nitrogens with one attached hydrogen (secondary N) is 3. The number of allylic oxidation sites excluding steroid dienone is 2. The van der Waals surface area contributed by atoms with Gasteiger partial charge >= 0.3 is 18.0 Å². The van der Waals surface area contributed by atoms with Crippen molar-refractivity contribution in [2.45, 2.75) is 150 Å². The molecule has 0 fully saturated rings. The van der Waals surface area contributed by atoms with E-state index < -0.39 is 61.6 Å². The zero-order chi connectivity index (χ0) is 42.3. The SMILES string of the molecule is C/C=C(\NC(=O)c1ccnc(CNC(=O)OC(C)(C)C)c1)C(=O)N[C@H](C(=O)O[C@H](/C=C/CCSC(=O)CCCCCCC)CC(=O)OCC[Si](C)(C)C)C(C)C. The summed E-state index contributed by atoms with van der Waals surface area (Å²) in [6.45, 7) is 19.2. The van der Waals surface area contributed by atoms with Crippen LogP contribution in [0.5, 0.6) is 0 Å². The second kappa shape index (κ2) is 26.0. The fourth-order valence-electron chi connectivity index (χ4n) is 4.86. The van der Waals surface area contributed by atoms with E-state index >= 15 is 0 Å². The van der Waals surface area contributed by atoms with Crippen molar-refractivity contribution in [2.75, 3.05) is 12.4 Å². The Balaban J connectivity index is 2.95. The van der Waals surface area contributed by atoms with Crippen molar-refractivity contribution in [2.24, 2.45) is 5.92 Å². The number of carbonyl (C=O) groups excluding carboxylic acids is 6. The number of pyridine rings is 1. The Morgan fingerprint density at radius 1 is 1.02 bits per heavy atom. The first kappa shape index (κ1) is 50.0. The number of amides is 3. The van der Waals surface area contributed by atoms with Gasteiger partial charge in [-0.3, -0.25) is 24.2 Å². The predicted octanol–water partition coefficient (Wildman–Crippen LogP) is 7.63. The fourth-order valence-corrected chi connectivity index (χ4v) is 6.35. The summed E-state index contributed by atoms with van der Waals surface area (Å²) in [5.41, 5.74) is -0.206. The molecule has 0 aromatic carbocycles. The molecule has 0 aliphatic carbocycles. The summed E-state index contributed by atoms with van der Waals surface area (Å²) in [6, 6.07) is 2.61. The molecule has 1 aromatic heterocycles. The number of ether oxygens (including phenoxy) is 3. The molecule has 2 atom stereocenters. The summed E-state index contributed by atoms with van der Waals surface area (Å²) in [5.74, 6) is -2.47. The molecule has 0 saturated heterocycles. The third kappa shape index (κ3) is 23.2. The minimum Gasteiger partial charge on any atom is -0.466 e. The molecule has 0 saturated carbocycles. The van der Waals surface area contributed by atoms with Gasteiger partial charge in [0.25, 0.3) is 11.8 Å². The first-order valence-electron chi connectivity index (χ1n) is 19.6. The zero-order valence-electron chi connectivity index (χ0n) is 35.2. The number of hydrogen-bond acceptors (Lipinski definition) is 11. The van der Waals surface area contributed by atoms with Gasteiger partial charge in [0.05, 0.1) is 25.3 Å². The van der Waals surface area contributed by atoms with Crippen molar-refractivity contribution in [3.8, 4) is 0 Å². The Bertz CT molecular complexity index is 1500. The molecule has 314 valence electrons. The molecule has 15 heteroatoms. The van der Waals surface area contributed by atoms with E-state index in [1.165, 1.54) is 42.6 Å². The number of alkyl carbamates (subject to hydrolysis) is 1. The number of esters is 2. The molecule has 56 heavy (non-hydrogen) atoms. The molecule has 3 amide bonds. The maximum Gasteiger partial charge on any atom is 0.407 e. The van der Waals surface area contributed by atoms with Gasteiger partial charge in [0.15, 0.2) is 5.12 Å². The van der Waals surface area contributed by atoms with Gasteiger partial charge in [0.1, 0.15) is 23.4 Å². The molecule has 0 aliphatic rings. The molecule has 0 bridgehead atoms. The van der Waals surface area contributed by atoms with E-state index in [9.17, 15) is 28.8 Å². The van der Waals surface area contributed by atoms with E-state index in [1.807, 2.05) is 0 Å². The summed E-state index contributed by atoms with van der Waals surface area (Å²) >= 11 is 1.27. The lowest BCUT2D eigenvalue weighted by molar-refractivity contribution is -0.156. The van der Waals surface area contributed by atoms with Crippen LogP contribution in [0, 0.1) is 5.92 Å². The molecule has 0 aliphatic heterocycles. The summed E-state index contributed by atoms with van der Waals surface area (Å²) in [5, 5.41) is 7.98. The lowest BCUT2D eigenvalue weighted by Gasteiger charge is -2.24. The van der Waals surface area contributed by atoms with Gasteiger partial charge in [0, 0.05) is 32.0 Å². The second-order valence-electron chi connectivity index (χ2n) is 16.1. The van der Waals surface area contributed by atoms with E-state index in [4.69, 9.17) is 14.2 Å². The Morgan fingerprint density at radius 3 is 2.34 bits per heavy atom. The molecule has 13 nitrogen and oxygen atoms in total. The smallest absolute Gasteiger partial charge is 0.407 e. The molecule has 3 N–H and O–H groups in total. The molecule has 1 aromatic rings. The number of aromatic nitrogens is 1. The lowest BCUT2D eigenvalue weighted by Crippen LogP contribution is -2.48. The Morgan fingerprint density at radius 2 is 1.71 bits per heavy atom. The maximum atomic E-state index is 13.6. The van der Waals surface area contributed by atoms with Crippen molar-refractivity contribution in [3.05, 3.63) is 53.5 Å². The van der Waals surface area contributed by atoms with Crippen LogP contribution in [0.2, 0.25) is 25.7 Å². The van der Waals surface area contributed by atoms with E-state index in [1.54, 1.807) is 53.7 Å². The van der Waals surface area contributed by atoms with Crippen LogP contribution in [-0.4, -0.2) is 78.1 Å². The second-order valence-corrected chi connectivity index (χ2v) is 22.8. The van der Waals surface area contributed by atoms with Crippen LogP contribution in [0.25, 0.3) is 0 Å². The minimum atomic E-state index is -1.45. The number of rotatable bonds is 24. The summed E-state index contributed by atoms with van der Waals surface area (Å²) < 4.78 is 16.5. The lowest BCUT2D eigenvalue weighted by atomic mass is 10.0. The zero-order valence-corrected chi connectivity index (χ0v) is 37.0. The van der Waals surface area contributed by atoms with Gasteiger partial charge in [0.2, 0.25) is 0 Å². The van der Waals surface area contributed by atoms with Crippen molar-refractivity contribution >= 4 is 54.8 Å². The van der Waals surface area contributed by atoms with Crippen molar-refractivity contribution in [1.29, 1.82) is 0 Å². The van der Waals surface area contributed by atoms with E-state index in [0.717, 1.165) is 31.7 Å². The Labute approximate surface area is 339 Å². The predicted molar refractivity (Wildman–Crippen MR) is 224 cm³/mol. The van der Waals surface area contributed by atoms with Crippen LogP contribution in [0.15, 0.2) is 42.3 Å². The minimum absolute atomic E-state index is 0.00936. The highest BCUT2D eigenvalue weighted by atomic mass is 32.2. The Hall–Kier alpha value is -3.98. The van der Waals surface area contributed by atoms with Gasteiger partial charge in [-0.25, -0.2) is 9.59 Å². The first-order chi connectivity index (χ1) is 26.2. The first-order valence-corrected chi connectivity index (χ1v) is 24.3. The van der Waals surface area contributed by atoms with Crippen LogP contribution in [0.1, 0.15) is 116 Å². The number of carbonyl (C=O) groups is 6. The quantitative estimate of drug-likeness (QED) is 0.0233. The van der Waals surface area contributed by atoms with Crippen LogP contribution in [-0.2, 0) is 39.9 Å². The number of nitrogens with zero attached hydrogens (tertiary/aromatic N) is 1. The fraction of sp³-hybridized carbons (Fsp3) is 0.634. The topological polar surface area (TPSA) is 179 Å². The van der Waals surface area contributed by atoms with Crippen LogP contribution >= 0.6 is 11.8 Å². The summed E-state index contributed by atoms with van der Waals surface area (Å²) in [6.07, 6.45) is 10.9. The number of thioether (sulfide) groups is 1. The van der Waals surface area contributed by atoms with Crippen molar-refractivity contribution in [3.63, 3.8) is 0 Å². The van der Waals surface area contributed by atoms with Gasteiger partial charge in [-0.05, 0) is 70.7 Å². The maximum absolute atomic E-state index is 13.6. The molecule has 0 spiro atoms. The van der Waals surface area contributed by atoms with E-state index in [2.05, 4.69) is 47.5 Å². The summed E-state index contributed by atoms with van der Waals surface area (Å²) in [4.78, 5) is 81.4. The molecule has 1 heterocycles. The van der Waals surface area contributed by atoms with Gasteiger partial charge in [-0.1, -0.05) is 90.0 Å². The Kier molecular flexibility index (Phi) is 23.3. The number of unbranched alkanes of at least 4 members (excludes halogenated alkanes) is 4. The third-order valence-electron chi connectivity index (χ3n) is 8.01. The molecule has 1 rings (SSSR count). The highest BCUT2D eigenvalue weighted by molar-refractivity contribution is 8.13. The van der Waals surface area contributed by atoms with Gasteiger partial charge in [-0.2, -0.15) is 0 Å². The molecule has 0 radical (unpaired) electrons. The van der Waals surface area contributed by atoms with Gasteiger partial charge < -0.3 is 30.2 Å². The van der Waals surface area contributed by atoms with E-state index in [-0.39, 0.29) is 35.9 Å². The normalized spacial score (nSPS) is 13.2. The summed E-state index contributed by atoms with van der Waals surface area (Å²) in [7, 11) is -1.45. The van der Waals surface area contributed by atoms with Gasteiger partial charge in [-0.15, -0.1) is 0 Å². The number of hydrogen-bond donors (Lipinski definition) is 3. The molecular formula is C41H66N4O9SSi. The molecule has 0 unspecified atom stereocenters. The van der Waals surface area contributed by atoms with Crippen LogP contribution < -0.4 is 16.0 Å². The highest BCUT2D eigenvalue weighted by Gasteiger charge is 2.30.